The lowest BCUT2D eigenvalue weighted by Gasteiger charge is -2.26. The SMILES string of the molecule is CCCN(CC1CC1)c1cccc(Cl)c1C(=O)O. The normalized spacial score (nSPS) is 14.6. The first-order valence-corrected chi connectivity index (χ1v) is 6.78. The largest absolute Gasteiger partial charge is 0.478 e. The molecule has 0 radical (unpaired) electrons. The van der Waals surface area contributed by atoms with Crippen LogP contribution < -0.4 is 4.90 Å². The molecule has 98 valence electrons. The Morgan fingerprint density at radius 2 is 2.22 bits per heavy atom. The Morgan fingerprint density at radius 3 is 2.78 bits per heavy atom. The van der Waals surface area contributed by atoms with Gasteiger partial charge in [0.1, 0.15) is 5.56 Å². The molecule has 1 fully saturated rings. The predicted molar refractivity (Wildman–Crippen MR) is 73.6 cm³/mol. The van der Waals surface area contributed by atoms with Crippen LogP contribution in [0.2, 0.25) is 5.02 Å². The molecular formula is C14H18ClNO2. The number of hydrogen-bond acceptors (Lipinski definition) is 2. The molecule has 1 aliphatic carbocycles. The van der Waals surface area contributed by atoms with Crippen LogP contribution in [-0.2, 0) is 0 Å². The minimum absolute atomic E-state index is 0.230. The summed E-state index contributed by atoms with van der Waals surface area (Å²) in [6, 6.07) is 5.31. The third-order valence-electron chi connectivity index (χ3n) is 3.22. The summed E-state index contributed by atoms with van der Waals surface area (Å²) in [5.74, 6) is -0.232. The Labute approximate surface area is 112 Å². The van der Waals surface area contributed by atoms with Crippen molar-refractivity contribution in [2.75, 3.05) is 18.0 Å². The molecule has 0 aromatic heterocycles. The molecule has 0 aliphatic heterocycles. The van der Waals surface area contributed by atoms with Crippen LogP contribution in [0.4, 0.5) is 5.69 Å². The van der Waals surface area contributed by atoms with Crippen LogP contribution in [-0.4, -0.2) is 24.2 Å². The summed E-state index contributed by atoms with van der Waals surface area (Å²) in [7, 11) is 0. The summed E-state index contributed by atoms with van der Waals surface area (Å²) < 4.78 is 0. The molecule has 0 atom stereocenters. The minimum atomic E-state index is -0.951. The van der Waals surface area contributed by atoms with Crippen molar-refractivity contribution in [2.45, 2.75) is 26.2 Å². The molecule has 1 N–H and O–H groups in total. The molecule has 1 saturated carbocycles. The van der Waals surface area contributed by atoms with Crippen LogP contribution in [0.5, 0.6) is 0 Å². The highest BCUT2D eigenvalue weighted by Gasteiger charge is 2.26. The number of hydrogen-bond donors (Lipinski definition) is 1. The zero-order chi connectivity index (χ0) is 13.1. The Balaban J connectivity index is 2.32. The quantitative estimate of drug-likeness (QED) is 0.855. The van der Waals surface area contributed by atoms with Gasteiger partial charge < -0.3 is 10.0 Å². The van der Waals surface area contributed by atoms with Gasteiger partial charge in [-0.2, -0.15) is 0 Å². The van der Waals surface area contributed by atoms with Crippen molar-refractivity contribution in [3.05, 3.63) is 28.8 Å². The molecule has 1 aliphatic rings. The molecule has 1 aromatic rings. The zero-order valence-electron chi connectivity index (χ0n) is 10.5. The molecule has 1 aromatic carbocycles. The molecule has 4 heteroatoms. The lowest BCUT2D eigenvalue weighted by molar-refractivity contribution is 0.0697. The lowest BCUT2D eigenvalue weighted by atomic mass is 10.1. The fraction of sp³-hybridized carbons (Fsp3) is 0.500. The Kier molecular flexibility index (Phi) is 4.12. The maximum absolute atomic E-state index is 11.3. The first-order chi connectivity index (χ1) is 8.63. The van der Waals surface area contributed by atoms with Gasteiger partial charge in [-0.05, 0) is 37.3 Å². The standard InChI is InChI=1S/C14H18ClNO2/c1-2-8-16(9-10-6-7-10)12-5-3-4-11(15)13(12)14(17)18/h3-5,10H,2,6-9H2,1H3,(H,17,18). The second-order valence-electron chi connectivity index (χ2n) is 4.83. The number of halogens is 1. The van der Waals surface area contributed by atoms with Gasteiger partial charge >= 0.3 is 5.97 Å². The fourth-order valence-electron chi connectivity index (χ4n) is 2.18. The predicted octanol–water partition coefficient (Wildman–Crippen LogP) is 3.66. The number of anilines is 1. The van der Waals surface area contributed by atoms with E-state index >= 15 is 0 Å². The third kappa shape index (κ3) is 2.96. The summed E-state index contributed by atoms with van der Waals surface area (Å²) in [6.07, 6.45) is 3.50. The second-order valence-corrected chi connectivity index (χ2v) is 5.24. The van der Waals surface area contributed by atoms with E-state index in [1.54, 1.807) is 6.07 Å². The second kappa shape index (κ2) is 5.61. The number of carboxylic acid groups (broad SMARTS) is 1. The van der Waals surface area contributed by atoms with Crippen molar-refractivity contribution >= 4 is 23.3 Å². The van der Waals surface area contributed by atoms with Crippen molar-refractivity contribution < 1.29 is 9.90 Å². The maximum Gasteiger partial charge on any atom is 0.339 e. The van der Waals surface area contributed by atoms with E-state index in [1.165, 1.54) is 12.8 Å². The van der Waals surface area contributed by atoms with Gasteiger partial charge in [0.2, 0.25) is 0 Å². The number of carbonyl (C=O) groups is 1. The van der Waals surface area contributed by atoms with E-state index in [4.69, 9.17) is 11.6 Å². The number of carboxylic acids is 1. The van der Waals surface area contributed by atoms with Crippen molar-refractivity contribution in [3.8, 4) is 0 Å². The van der Waals surface area contributed by atoms with E-state index in [9.17, 15) is 9.90 Å². The molecule has 0 heterocycles. The van der Waals surface area contributed by atoms with Crippen LogP contribution in [0.25, 0.3) is 0 Å². The van der Waals surface area contributed by atoms with E-state index in [1.807, 2.05) is 12.1 Å². The number of benzene rings is 1. The van der Waals surface area contributed by atoms with Gasteiger partial charge in [-0.25, -0.2) is 4.79 Å². The van der Waals surface area contributed by atoms with E-state index in [2.05, 4.69) is 11.8 Å². The molecular weight excluding hydrogens is 250 g/mol. The first kappa shape index (κ1) is 13.2. The summed E-state index contributed by atoms with van der Waals surface area (Å²) in [4.78, 5) is 13.5. The molecule has 0 unspecified atom stereocenters. The molecule has 0 spiro atoms. The lowest BCUT2D eigenvalue weighted by Crippen LogP contribution is -2.28. The molecule has 18 heavy (non-hydrogen) atoms. The monoisotopic (exact) mass is 267 g/mol. The number of aromatic carboxylic acids is 1. The van der Waals surface area contributed by atoms with Crippen LogP contribution in [0.15, 0.2) is 18.2 Å². The summed E-state index contributed by atoms with van der Waals surface area (Å²) in [5.41, 5.74) is 0.983. The molecule has 3 nitrogen and oxygen atoms in total. The van der Waals surface area contributed by atoms with Crippen LogP contribution in [0, 0.1) is 5.92 Å². The number of rotatable bonds is 6. The topological polar surface area (TPSA) is 40.5 Å². The van der Waals surface area contributed by atoms with E-state index in [0.717, 1.165) is 31.1 Å². The minimum Gasteiger partial charge on any atom is -0.478 e. The summed E-state index contributed by atoms with van der Waals surface area (Å²) >= 11 is 6.01. The maximum atomic E-state index is 11.3. The third-order valence-corrected chi connectivity index (χ3v) is 3.53. The van der Waals surface area contributed by atoms with Crippen LogP contribution in [0.1, 0.15) is 36.5 Å². The zero-order valence-corrected chi connectivity index (χ0v) is 11.3. The van der Waals surface area contributed by atoms with Crippen molar-refractivity contribution in [3.63, 3.8) is 0 Å². The van der Waals surface area contributed by atoms with Crippen LogP contribution >= 0.6 is 11.6 Å². The van der Waals surface area contributed by atoms with Crippen LogP contribution in [0.3, 0.4) is 0 Å². The van der Waals surface area contributed by atoms with Gasteiger partial charge in [0.15, 0.2) is 0 Å². The first-order valence-electron chi connectivity index (χ1n) is 6.40. The van der Waals surface area contributed by atoms with Gasteiger partial charge in [-0.1, -0.05) is 24.6 Å². The Bertz CT molecular complexity index is 443. The molecule has 2 rings (SSSR count). The van der Waals surface area contributed by atoms with Crippen molar-refractivity contribution in [1.29, 1.82) is 0 Å². The summed E-state index contributed by atoms with van der Waals surface area (Å²) in [5, 5.41) is 9.62. The van der Waals surface area contributed by atoms with Gasteiger partial charge in [-0.3, -0.25) is 0 Å². The van der Waals surface area contributed by atoms with Gasteiger partial charge in [0.25, 0.3) is 0 Å². The van der Waals surface area contributed by atoms with Crippen molar-refractivity contribution in [1.82, 2.24) is 0 Å². The highest BCUT2D eigenvalue weighted by atomic mass is 35.5. The van der Waals surface area contributed by atoms with E-state index in [-0.39, 0.29) is 5.56 Å². The highest BCUT2D eigenvalue weighted by Crippen LogP contribution is 2.34. The van der Waals surface area contributed by atoms with E-state index < -0.39 is 5.97 Å². The Hall–Kier alpha value is -1.22. The molecule has 0 amide bonds. The van der Waals surface area contributed by atoms with E-state index in [0.29, 0.717) is 5.02 Å². The molecule has 0 saturated heterocycles. The number of nitrogens with zero attached hydrogens (tertiary/aromatic N) is 1. The molecule has 0 bridgehead atoms. The summed E-state index contributed by atoms with van der Waals surface area (Å²) in [6.45, 7) is 3.91. The van der Waals surface area contributed by atoms with Gasteiger partial charge in [0.05, 0.1) is 10.7 Å². The fourth-order valence-corrected chi connectivity index (χ4v) is 2.43. The average Bonchev–Trinajstić information content (AvgIpc) is 3.11. The van der Waals surface area contributed by atoms with Gasteiger partial charge in [-0.15, -0.1) is 0 Å². The van der Waals surface area contributed by atoms with Gasteiger partial charge in [0, 0.05) is 13.1 Å². The highest BCUT2D eigenvalue weighted by molar-refractivity contribution is 6.34. The average molecular weight is 268 g/mol. The van der Waals surface area contributed by atoms with Crippen molar-refractivity contribution in [2.24, 2.45) is 5.92 Å². The Morgan fingerprint density at radius 1 is 1.50 bits per heavy atom. The smallest absolute Gasteiger partial charge is 0.339 e.